The van der Waals surface area contributed by atoms with Crippen molar-refractivity contribution < 1.29 is 19.0 Å². The highest BCUT2D eigenvalue weighted by atomic mass is 32.1. The lowest BCUT2D eigenvalue weighted by Gasteiger charge is -2.35. The van der Waals surface area contributed by atoms with Crippen molar-refractivity contribution in [3.63, 3.8) is 0 Å². The Balaban J connectivity index is 1.41. The first-order valence-electron chi connectivity index (χ1n) is 10.9. The molecule has 2 aromatic carbocycles. The third-order valence-corrected chi connectivity index (χ3v) is 6.28. The number of aromatic nitrogens is 1. The van der Waals surface area contributed by atoms with Crippen molar-refractivity contribution >= 4 is 22.4 Å². The monoisotopic (exact) mass is 467 g/mol. The Bertz CT molecular complexity index is 1090. The Labute approximate surface area is 198 Å². The molecule has 0 bridgehead atoms. The number of anilines is 1. The van der Waals surface area contributed by atoms with Crippen LogP contribution in [0.1, 0.15) is 29.8 Å². The zero-order valence-corrected chi connectivity index (χ0v) is 20.1. The molecule has 3 aromatic rings. The molecular formula is C25H29N3O4S. The molecule has 1 saturated heterocycles. The van der Waals surface area contributed by atoms with Crippen molar-refractivity contribution in [2.45, 2.75) is 32.6 Å². The first-order valence-corrected chi connectivity index (χ1v) is 11.8. The summed E-state index contributed by atoms with van der Waals surface area (Å²) in [6.07, 6.45) is 0.470. The van der Waals surface area contributed by atoms with Gasteiger partial charge in [-0.15, -0.1) is 11.3 Å². The van der Waals surface area contributed by atoms with E-state index in [9.17, 15) is 4.79 Å². The summed E-state index contributed by atoms with van der Waals surface area (Å²) in [4.78, 5) is 19.7. The number of carbonyl (C=O) groups excluding carboxylic acids is 1. The van der Waals surface area contributed by atoms with Gasteiger partial charge < -0.3 is 14.2 Å². The van der Waals surface area contributed by atoms with Crippen LogP contribution in [0.4, 0.5) is 5.13 Å². The van der Waals surface area contributed by atoms with E-state index in [1.165, 1.54) is 16.9 Å². The predicted molar refractivity (Wildman–Crippen MR) is 130 cm³/mol. The van der Waals surface area contributed by atoms with Crippen LogP contribution in [-0.2, 0) is 11.3 Å². The van der Waals surface area contributed by atoms with Crippen LogP contribution >= 0.6 is 11.3 Å². The van der Waals surface area contributed by atoms with Gasteiger partial charge in [0, 0.05) is 36.1 Å². The van der Waals surface area contributed by atoms with Gasteiger partial charge in [0.2, 0.25) is 0 Å². The third-order valence-electron chi connectivity index (χ3n) is 5.52. The number of methoxy groups -OCH3 is 2. The quantitative estimate of drug-likeness (QED) is 0.544. The smallest absolute Gasteiger partial charge is 0.257 e. The minimum absolute atomic E-state index is 0.186. The van der Waals surface area contributed by atoms with Gasteiger partial charge in [-0.3, -0.25) is 15.0 Å². The van der Waals surface area contributed by atoms with Gasteiger partial charge in [-0.1, -0.05) is 12.1 Å². The molecular weight excluding hydrogens is 438 g/mol. The van der Waals surface area contributed by atoms with Crippen LogP contribution in [0.5, 0.6) is 11.5 Å². The highest BCUT2D eigenvalue weighted by molar-refractivity contribution is 7.14. The minimum Gasteiger partial charge on any atom is -0.497 e. The second-order valence-corrected chi connectivity index (χ2v) is 9.06. The van der Waals surface area contributed by atoms with Crippen LogP contribution in [0.3, 0.4) is 0 Å². The van der Waals surface area contributed by atoms with Crippen molar-refractivity contribution in [2.75, 3.05) is 32.6 Å². The van der Waals surface area contributed by atoms with Gasteiger partial charge in [0.1, 0.15) is 11.5 Å². The molecule has 1 aliphatic rings. The van der Waals surface area contributed by atoms with E-state index in [0.717, 1.165) is 30.9 Å². The van der Waals surface area contributed by atoms with E-state index >= 15 is 0 Å². The van der Waals surface area contributed by atoms with Crippen molar-refractivity contribution in [3.8, 4) is 22.8 Å². The van der Waals surface area contributed by atoms with Crippen LogP contribution in [-0.4, -0.2) is 55.3 Å². The Morgan fingerprint density at radius 3 is 2.52 bits per heavy atom. The molecule has 8 heteroatoms. The van der Waals surface area contributed by atoms with E-state index in [2.05, 4.69) is 29.0 Å². The standard InChI is InChI=1S/C25H29N3O4S/c1-16-12-28(13-17(2)32-16)14-18-5-7-19(8-6-18)24(29)27-25-26-22(15-33-25)21-11-20(30-3)9-10-23(21)31-4/h5-11,15-17H,12-14H2,1-4H3,(H,26,27,29)/t16-,17-/m1/s1. The van der Waals surface area contributed by atoms with Crippen LogP contribution in [0, 0.1) is 0 Å². The fourth-order valence-corrected chi connectivity index (χ4v) is 4.78. The summed E-state index contributed by atoms with van der Waals surface area (Å²) in [5.41, 5.74) is 3.30. The highest BCUT2D eigenvalue weighted by Gasteiger charge is 2.22. The molecule has 4 rings (SSSR count). The lowest BCUT2D eigenvalue weighted by Crippen LogP contribution is -2.44. The SMILES string of the molecule is COc1ccc(OC)c(-c2csc(NC(=O)c3ccc(CN4C[C@@H](C)O[C@H](C)C4)cc3)n2)c1. The number of hydrogen-bond donors (Lipinski definition) is 1. The zero-order chi connectivity index (χ0) is 23.4. The van der Waals surface area contributed by atoms with E-state index in [1.807, 2.05) is 47.8 Å². The van der Waals surface area contributed by atoms with Crippen LogP contribution in [0.2, 0.25) is 0 Å². The predicted octanol–water partition coefficient (Wildman–Crippen LogP) is 4.69. The molecule has 2 heterocycles. The highest BCUT2D eigenvalue weighted by Crippen LogP contribution is 2.35. The van der Waals surface area contributed by atoms with E-state index in [0.29, 0.717) is 22.2 Å². The lowest BCUT2D eigenvalue weighted by atomic mass is 10.1. The second kappa shape index (κ2) is 10.3. The first kappa shape index (κ1) is 23.2. The number of carbonyl (C=O) groups is 1. The molecule has 174 valence electrons. The maximum Gasteiger partial charge on any atom is 0.257 e. The number of nitrogens with one attached hydrogen (secondary N) is 1. The average Bonchev–Trinajstić information content (AvgIpc) is 3.26. The largest absolute Gasteiger partial charge is 0.497 e. The Morgan fingerprint density at radius 1 is 1.12 bits per heavy atom. The Morgan fingerprint density at radius 2 is 1.85 bits per heavy atom. The molecule has 0 spiro atoms. The topological polar surface area (TPSA) is 72.9 Å². The zero-order valence-electron chi connectivity index (χ0n) is 19.3. The van der Waals surface area contributed by atoms with Crippen molar-refractivity contribution in [1.29, 1.82) is 0 Å². The third kappa shape index (κ3) is 5.71. The van der Waals surface area contributed by atoms with Crippen molar-refractivity contribution in [2.24, 2.45) is 0 Å². The van der Waals surface area contributed by atoms with Crippen molar-refractivity contribution in [1.82, 2.24) is 9.88 Å². The molecule has 7 nitrogen and oxygen atoms in total. The number of thiazole rings is 1. The average molecular weight is 468 g/mol. The number of morpholine rings is 1. The first-order chi connectivity index (χ1) is 15.9. The molecule has 1 N–H and O–H groups in total. The molecule has 0 aliphatic carbocycles. The molecule has 1 aliphatic heterocycles. The molecule has 33 heavy (non-hydrogen) atoms. The number of nitrogens with zero attached hydrogens (tertiary/aromatic N) is 2. The summed E-state index contributed by atoms with van der Waals surface area (Å²) >= 11 is 1.37. The maximum absolute atomic E-state index is 12.8. The number of amides is 1. The summed E-state index contributed by atoms with van der Waals surface area (Å²) in [6, 6.07) is 13.3. The van der Waals surface area contributed by atoms with E-state index < -0.39 is 0 Å². The number of hydrogen-bond acceptors (Lipinski definition) is 7. The molecule has 0 radical (unpaired) electrons. The van der Waals surface area contributed by atoms with Crippen LogP contribution in [0.15, 0.2) is 47.8 Å². The summed E-state index contributed by atoms with van der Waals surface area (Å²) in [7, 11) is 3.23. The molecule has 0 unspecified atom stereocenters. The van der Waals surface area contributed by atoms with Gasteiger partial charge in [-0.05, 0) is 49.7 Å². The van der Waals surface area contributed by atoms with E-state index in [1.54, 1.807) is 14.2 Å². The van der Waals surface area contributed by atoms with Gasteiger partial charge in [-0.2, -0.15) is 0 Å². The van der Waals surface area contributed by atoms with Crippen molar-refractivity contribution in [3.05, 3.63) is 59.0 Å². The molecule has 0 saturated carbocycles. The fraction of sp³-hybridized carbons (Fsp3) is 0.360. The fourth-order valence-electron chi connectivity index (χ4n) is 4.07. The lowest BCUT2D eigenvalue weighted by molar-refractivity contribution is -0.0704. The molecule has 1 fully saturated rings. The number of benzene rings is 2. The maximum atomic E-state index is 12.8. The summed E-state index contributed by atoms with van der Waals surface area (Å²) in [5.74, 6) is 1.22. The van der Waals surface area contributed by atoms with Gasteiger partial charge in [0.25, 0.3) is 5.91 Å². The van der Waals surface area contributed by atoms with Gasteiger partial charge >= 0.3 is 0 Å². The summed E-state index contributed by atoms with van der Waals surface area (Å²) in [6.45, 7) is 6.88. The molecule has 1 aromatic heterocycles. The van der Waals surface area contributed by atoms with E-state index in [-0.39, 0.29) is 18.1 Å². The van der Waals surface area contributed by atoms with Crippen LogP contribution in [0.25, 0.3) is 11.3 Å². The van der Waals surface area contributed by atoms with Gasteiger partial charge in [0.15, 0.2) is 5.13 Å². The summed E-state index contributed by atoms with van der Waals surface area (Å²) < 4.78 is 16.6. The minimum atomic E-state index is -0.186. The normalized spacial score (nSPS) is 18.7. The Kier molecular flexibility index (Phi) is 7.27. The molecule has 2 atom stereocenters. The summed E-state index contributed by atoms with van der Waals surface area (Å²) in [5, 5.41) is 5.31. The van der Waals surface area contributed by atoms with Gasteiger partial charge in [-0.25, -0.2) is 4.98 Å². The number of rotatable bonds is 7. The Hall–Kier alpha value is -2.94. The second-order valence-electron chi connectivity index (χ2n) is 8.21. The van der Waals surface area contributed by atoms with Crippen LogP contribution < -0.4 is 14.8 Å². The number of ether oxygens (including phenoxy) is 3. The van der Waals surface area contributed by atoms with E-state index in [4.69, 9.17) is 14.2 Å². The van der Waals surface area contributed by atoms with Gasteiger partial charge in [0.05, 0.1) is 32.1 Å². The molecule has 1 amide bonds.